The Hall–Kier alpha value is -3.05. The summed E-state index contributed by atoms with van der Waals surface area (Å²) in [6.45, 7) is 2.75. The zero-order chi connectivity index (χ0) is 30.3. The summed E-state index contributed by atoms with van der Waals surface area (Å²) in [5, 5.41) is 15.0. The Kier molecular flexibility index (Phi) is 6.79. The van der Waals surface area contributed by atoms with Gasteiger partial charge in [0.05, 0.1) is 15.6 Å². The molecule has 12 heteroatoms. The third-order valence-electron chi connectivity index (χ3n) is 9.85. The zero-order valence-electron chi connectivity index (χ0n) is 23.7. The number of hydrogen-bond donors (Lipinski definition) is 2. The van der Waals surface area contributed by atoms with E-state index >= 15 is 4.39 Å². The second-order valence-corrected chi connectivity index (χ2v) is 13.4. The minimum absolute atomic E-state index is 0.000992. The number of fused-ring (bicyclic) bond motifs is 5. The summed E-state index contributed by atoms with van der Waals surface area (Å²) >= 11 is 13.2. The van der Waals surface area contributed by atoms with E-state index in [1.165, 1.54) is 24.3 Å². The number of rotatable bonds is 5. The predicted molar refractivity (Wildman–Crippen MR) is 165 cm³/mol. The molecule has 2 bridgehead atoms. The van der Waals surface area contributed by atoms with Crippen molar-refractivity contribution >= 4 is 50.7 Å². The molecule has 4 atom stereocenters. The molecule has 2 N–H and O–H groups in total. The minimum Gasteiger partial charge on any atom is -0.508 e. The van der Waals surface area contributed by atoms with E-state index in [1.807, 2.05) is 0 Å². The molecule has 0 amide bonds. The van der Waals surface area contributed by atoms with Crippen LogP contribution in [0.2, 0.25) is 10.0 Å². The average molecular weight is 645 g/mol. The smallest absolute Gasteiger partial charge is 0.319 e. The van der Waals surface area contributed by atoms with Crippen LogP contribution in [0.4, 0.5) is 19.0 Å². The van der Waals surface area contributed by atoms with Crippen LogP contribution in [0.25, 0.3) is 32.8 Å². The van der Waals surface area contributed by atoms with Gasteiger partial charge in [0.25, 0.3) is 0 Å². The highest BCUT2D eigenvalue weighted by Crippen LogP contribution is 2.45. The summed E-state index contributed by atoms with van der Waals surface area (Å²) in [6.07, 6.45) is 3.31. The lowest BCUT2D eigenvalue weighted by Crippen LogP contribution is -2.51. The Bertz CT molecular complexity index is 1820. The first-order chi connectivity index (χ1) is 21.2. The van der Waals surface area contributed by atoms with Gasteiger partial charge in [0.2, 0.25) is 0 Å². The molecule has 4 aromatic rings. The summed E-state index contributed by atoms with van der Waals surface area (Å²) in [7, 11) is 0. The van der Waals surface area contributed by atoms with Crippen LogP contribution in [0.15, 0.2) is 30.3 Å². The molecule has 230 valence electrons. The fraction of sp³-hybridized carbons (Fsp3) is 0.438. The van der Waals surface area contributed by atoms with E-state index in [2.05, 4.69) is 20.1 Å². The van der Waals surface area contributed by atoms with Crippen LogP contribution in [-0.2, 0) is 0 Å². The van der Waals surface area contributed by atoms with Crippen molar-refractivity contribution < 1.29 is 23.0 Å². The lowest BCUT2D eigenvalue weighted by Gasteiger charge is -2.34. The number of aromatic nitrogens is 2. The van der Waals surface area contributed by atoms with Crippen LogP contribution in [-0.4, -0.2) is 76.6 Å². The van der Waals surface area contributed by atoms with Gasteiger partial charge in [0.15, 0.2) is 5.82 Å². The Labute approximate surface area is 261 Å². The van der Waals surface area contributed by atoms with Gasteiger partial charge in [-0.25, -0.2) is 13.2 Å². The maximum Gasteiger partial charge on any atom is 0.319 e. The largest absolute Gasteiger partial charge is 0.508 e. The van der Waals surface area contributed by atoms with Crippen molar-refractivity contribution in [3.8, 4) is 22.9 Å². The number of nitrogens with one attached hydrogen (secondary N) is 1. The Morgan fingerprint density at radius 3 is 2.66 bits per heavy atom. The van der Waals surface area contributed by atoms with Gasteiger partial charge in [-0.2, -0.15) is 9.97 Å². The van der Waals surface area contributed by atoms with E-state index in [4.69, 9.17) is 32.9 Å². The second-order valence-electron chi connectivity index (χ2n) is 12.6. The van der Waals surface area contributed by atoms with Gasteiger partial charge in [-0.15, -0.1) is 0 Å². The van der Waals surface area contributed by atoms with Gasteiger partial charge in [-0.1, -0.05) is 29.3 Å². The highest BCUT2D eigenvalue weighted by Gasteiger charge is 2.49. The lowest BCUT2D eigenvalue weighted by molar-refractivity contribution is 0.107. The molecule has 4 fully saturated rings. The minimum atomic E-state index is -0.917. The first-order valence-corrected chi connectivity index (χ1v) is 15.8. The molecule has 3 aromatic carbocycles. The molecule has 0 spiro atoms. The number of phenolic OH excluding ortho intramolecular Hbond substituents is 1. The summed E-state index contributed by atoms with van der Waals surface area (Å²) in [6, 6.07) is 7.58. The molecular weight excluding hydrogens is 614 g/mol. The van der Waals surface area contributed by atoms with E-state index in [0.29, 0.717) is 42.6 Å². The number of benzene rings is 3. The maximum absolute atomic E-state index is 16.9. The monoisotopic (exact) mass is 643 g/mol. The molecule has 44 heavy (non-hydrogen) atoms. The van der Waals surface area contributed by atoms with Crippen molar-refractivity contribution in [3.63, 3.8) is 0 Å². The number of aromatic hydroxyl groups is 1. The van der Waals surface area contributed by atoms with Gasteiger partial charge in [-0.3, -0.25) is 4.90 Å². The number of anilines is 1. The maximum atomic E-state index is 16.9. The van der Waals surface area contributed by atoms with Crippen LogP contribution in [0, 0.1) is 11.6 Å². The van der Waals surface area contributed by atoms with Crippen molar-refractivity contribution in [3.05, 3.63) is 52.0 Å². The van der Waals surface area contributed by atoms with Gasteiger partial charge in [0.1, 0.15) is 35.7 Å². The molecule has 4 aliphatic heterocycles. The molecule has 7 nitrogen and oxygen atoms in total. The van der Waals surface area contributed by atoms with Gasteiger partial charge in [-0.05, 0) is 67.4 Å². The fourth-order valence-electron chi connectivity index (χ4n) is 7.91. The Morgan fingerprint density at radius 2 is 1.86 bits per heavy atom. The number of nitrogens with zero attached hydrogens (tertiary/aromatic N) is 4. The molecule has 4 saturated heterocycles. The summed E-state index contributed by atoms with van der Waals surface area (Å²) in [4.78, 5) is 13.6. The van der Waals surface area contributed by atoms with Gasteiger partial charge in [0, 0.05) is 54.5 Å². The topological polar surface area (TPSA) is 73.8 Å². The van der Waals surface area contributed by atoms with Crippen molar-refractivity contribution in [1.29, 1.82) is 0 Å². The van der Waals surface area contributed by atoms with Crippen molar-refractivity contribution in [2.45, 2.75) is 55.9 Å². The van der Waals surface area contributed by atoms with E-state index < -0.39 is 23.3 Å². The van der Waals surface area contributed by atoms with Crippen molar-refractivity contribution in [2.75, 3.05) is 37.7 Å². The quantitative estimate of drug-likeness (QED) is 0.253. The molecule has 2 unspecified atom stereocenters. The highest BCUT2D eigenvalue weighted by molar-refractivity contribution is 6.38. The van der Waals surface area contributed by atoms with Crippen LogP contribution < -0.4 is 15.0 Å². The fourth-order valence-corrected chi connectivity index (χ4v) is 8.48. The van der Waals surface area contributed by atoms with Gasteiger partial charge < -0.3 is 20.1 Å². The first kappa shape index (κ1) is 28.4. The summed E-state index contributed by atoms with van der Waals surface area (Å²) < 4.78 is 52.2. The number of ether oxygens (including phenoxy) is 1. The zero-order valence-corrected chi connectivity index (χ0v) is 25.2. The van der Waals surface area contributed by atoms with Crippen LogP contribution in [0.3, 0.4) is 0 Å². The summed E-state index contributed by atoms with van der Waals surface area (Å²) in [5.74, 6) is -1.09. The van der Waals surface area contributed by atoms with E-state index in [9.17, 15) is 13.9 Å². The third kappa shape index (κ3) is 4.56. The standard InChI is InChI=1S/C32H30Cl2F3N5O2/c33-23-10-22-29(28(37)26(23)21-9-20(43)8-16-2-5-24(36)27(34)25(16)21)39-31(40-30(22)41-13-18-3-4-19(14-41)38-18)44-15-32-6-1-7-42(32)12-17(35)11-32/h2,5,8-10,17-19,38,43H,1,3-4,6-7,11-15H2/t17-,18?,19?,32+/m1/s1. The SMILES string of the molecule is Oc1cc(-c2c(Cl)cc3c(N4CC5CCC(C4)N5)nc(OC[C@@]45CCCN4C[C@H](F)C5)nc3c2F)c2c(Cl)c(F)ccc2c1. The number of phenols is 1. The van der Waals surface area contributed by atoms with Gasteiger partial charge >= 0.3 is 6.01 Å². The van der Waals surface area contributed by atoms with E-state index in [-0.39, 0.29) is 62.5 Å². The first-order valence-electron chi connectivity index (χ1n) is 15.0. The molecule has 0 saturated carbocycles. The second kappa shape index (κ2) is 10.5. The normalized spacial score (nSPS) is 26.7. The number of hydrogen-bond acceptors (Lipinski definition) is 7. The van der Waals surface area contributed by atoms with Crippen LogP contribution in [0.5, 0.6) is 11.8 Å². The van der Waals surface area contributed by atoms with Crippen LogP contribution >= 0.6 is 23.2 Å². The Morgan fingerprint density at radius 1 is 1.07 bits per heavy atom. The lowest BCUT2D eigenvalue weighted by atomic mass is 9.95. The number of alkyl halides is 1. The van der Waals surface area contributed by atoms with Crippen LogP contribution in [0.1, 0.15) is 32.1 Å². The number of halogens is 5. The van der Waals surface area contributed by atoms with Crippen molar-refractivity contribution in [2.24, 2.45) is 0 Å². The molecular formula is C32H30Cl2F3N5O2. The van der Waals surface area contributed by atoms with Crippen molar-refractivity contribution in [1.82, 2.24) is 20.2 Å². The molecule has 1 aromatic heterocycles. The highest BCUT2D eigenvalue weighted by atomic mass is 35.5. The molecule has 8 rings (SSSR count). The average Bonchev–Trinajstić information content (AvgIpc) is 3.64. The summed E-state index contributed by atoms with van der Waals surface area (Å²) in [5.41, 5.74) is -0.385. The molecule has 4 aliphatic rings. The molecule has 0 radical (unpaired) electrons. The molecule has 5 heterocycles. The van der Waals surface area contributed by atoms with E-state index in [0.717, 1.165) is 32.2 Å². The Balaban J connectivity index is 1.29. The molecule has 0 aliphatic carbocycles. The van der Waals surface area contributed by atoms with E-state index in [1.54, 1.807) is 6.07 Å². The predicted octanol–water partition coefficient (Wildman–Crippen LogP) is 6.64. The third-order valence-corrected chi connectivity index (χ3v) is 10.5. The number of piperazine rings is 1.